The standard InChI is InChI=1S/C14H17FN4O/c1-2-7-17-12-8-13(19-14(16)18-12)20-9-10-5-3-4-6-11(10)15/h3-6,8H,2,7,9H2,1H3,(H3,16,17,18,19). The molecule has 0 spiro atoms. The Hall–Kier alpha value is -2.37. The van der Waals surface area contributed by atoms with Gasteiger partial charge in [-0.3, -0.25) is 0 Å². The summed E-state index contributed by atoms with van der Waals surface area (Å²) in [6.45, 7) is 2.92. The van der Waals surface area contributed by atoms with Crippen LogP contribution in [0.4, 0.5) is 16.2 Å². The minimum atomic E-state index is -0.307. The van der Waals surface area contributed by atoms with Crippen molar-refractivity contribution in [2.75, 3.05) is 17.6 Å². The summed E-state index contributed by atoms with van der Waals surface area (Å²) in [6.07, 6.45) is 0.968. The van der Waals surface area contributed by atoms with Crippen molar-refractivity contribution < 1.29 is 9.13 Å². The first-order valence-electron chi connectivity index (χ1n) is 6.43. The average molecular weight is 276 g/mol. The molecular formula is C14H17FN4O. The molecule has 0 radical (unpaired) electrons. The first-order valence-corrected chi connectivity index (χ1v) is 6.43. The molecule has 0 unspecified atom stereocenters. The van der Waals surface area contributed by atoms with Gasteiger partial charge >= 0.3 is 0 Å². The van der Waals surface area contributed by atoms with Gasteiger partial charge in [0.1, 0.15) is 18.2 Å². The van der Waals surface area contributed by atoms with Crippen molar-refractivity contribution in [3.8, 4) is 5.88 Å². The van der Waals surface area contributed by atoms with Gasteiger partial charge < -0.3 is 15.8 Å². The molecule has 1 heterocycles. The van der Waals surface area contributed by atoms with Crippen LogP contribution in [0.2, 0.25) is 0 Å². The van der Waals surface area contributed by atoms with Crippen molar-refractivity contribution in [1.82, 2.24) is 9.97 Å². The molecular weight excluding hydrogens is 259 g/mol. The van der Waals surface area contributed by atoms with E-state index in [0.717, 1.165) is 13.0 Å². The lowest BCUT2D eigenvalue weighted by molar-refractivity contribution is 0.288. The van der Waals surface area contributed by atoms with E-state index in [2.05, 4.69) is 15.3 Å². The third-order valence-corrected chi connectivity index (χ3v) is 2.61. The third kappa shape index (κ3) is 3.81. The van der Waals surface area contributed by atoms with Crippen LogP contribution in [-0.2, 0) is 6.61 Å². The molecule has 6 heteroatoms. The van der Waals surface area contributed by atoms with Crippen LogP contribution in [0.25, 0.3) is 0 Å². The molecule has 2 rings (SSSR count). The van der Waals surface area contributed by atoms with E-state index in [9.17, 15) is 4.39 Å². The molecule has 0 saturated heterocycles. The van der Waals surface area contributed by atoms with E-state index < -0.39 is 0 Å². The van der Waals surface area contributed by atoms with Crippen molar-refractivity contribution in [2.45, 2.75) is 20.0 Å². The van der Waals surface area contributed by atoms with Gasteiger partial charge in [-0.25, -0.2) is 4.39 Å². The zero-order valence-electron chi connectivity index (χ0n) is 11.3. The van der Waals surface area contributed by atoms with E-state index in [-0.39, 0.29) is 18.4 Å². The molecule has 0 aliphatic carbocycles. The second kappa shape index (κ2) is 6.70. The smallest absolute Gasteiger partial charge is 0.225 e. The highest BCUT2D eigenvalue weighted by Gasteiger charge is 2.05. The fourth-order valence-corrected chi connectivity index (χ4v) is 1.63. The van der Waals surface area contributed by atoms with Gasteiger partial charge in [0, 0.05) is 18.2 Å². The maximum Gasteiger partial charge on any atom is 0.225 e. The number of nitrogens with two attached hydrogens (primary N) is 1. The van der Waals surface area contributed by atoms with E-state index in [1.165, 1.54) is 6.07 Å². The third-order valence-electron chi connectivity index (χ3n) is 2.61. The highest BCUT2D eigenvalue weighted by Crippen LogP contribution is 2.17. The number of nitrogen functional groups attached to an aromatic ring is 1. The van der Waals surface area contributed by atoms with Crippen molar-refractivity contribution in [2.24, 2.45) is 0 Å². The van der Waals surface area contributed by atoms with Gasteiger partial charge in [-0.05, 0) is 12.5 Å². The molecule has 0 atom stereocenters. The van der Waals surface area contributed by atoms with E-state index in [1.54, 1.807) is 24.3 Å². The molecule has 0 fully saturated rings. The molecule has 5 nitrogen and oxygen atoms in total. The molecule has 106 valence electrons. The number of ether oxygens (including phenoxy) is 1. The van der Waals surface area contributed by atoms with Crippen LogP contribution in [0, 0.1) is 5.82 Å². The number of rotatable bonds is 6. The van der Waals surface area contributed by atoms with Crippen molar-refractivity contribution >= 4 is 11.8 Å². The number of anilines is 2. The van der Waals surface area contributed by atoms with Gasteiger partial charge in [-0.15, -0.1) is 0 Å². The van der Waals surface area contributed by atoms with Crippen molar-refractivity contribution in [1.29, 1.82) is 0 Å². The lowest BCUT2D eigenvalue weighted by Crippen LogP contribution is -2.07. The fourth-order valence-electron chi connectivity index (χ4n) is 1.63. The Bertz CT molecular complexity index is 577. The number of halogens is 1. The number of hydrogen-bond acceptors (Lipinski definition) is 5. The minimum absolute atomic E-state index is 0.0936. The molecule has 1 aromatic heterocycles. The Balaban J connectivity index is 2.05. The van der Waals surface area contributed by atoms with Gasteiger partial charge in [-0.2, -0.15) is 9.97 Å². The van der Waals surface area contributed by atoms with Gasteiger partial charge in [0.05, 0.1) is 0 Å². The van der Waals surface area contributed by atoms with Crippen LogP contribution >= 0.6 is 0 Å². The Morgan fingerprint density at radius 1 is 1.30 bits per heavy atom. The second-order valence-electron chi connectivity index (χ2n) is 4.26. The average Bonchev–Trinajstić information content (AvgIpc) is 2.44. The first kappa shape index (κ1) is 14.0. The normalized spacial score (nSPS) is 10.3. The predicted molar refractivity (Wildman–Crippen MR) is 76.0 cm³/mol. The molecule has 0 saturated carbocycles. The van der Waals surface area contributed by atoms with Crippen LogP contribution < -0.4 is 15.8 Å². The van der Waals surface area contributed by atoms with Gasteiger partial charge in [0.15, 0.2) is 0 Å². The molecule has 20 heavy (non-hydrogen) atoms. The summed E-state index contributed by atoms with van der Waals surface area (Å²) < 4.78 is 18.9. The highest BCUT2D eigenvalue weighted by molar-refractivity contribution is 5.42. The monoisotopic (exact) mass is 276 g/mol. The quantitative estimate of drug-likeness (QED) is 0.848. The minimum Gasteiger partial charge on any atom is -0.473 e. The Labute approximate surface area is 117 Å². The van der Waals surface area contributed by atoms with E-state index in [4.69, 9.17) is 10.5 Å². The number of nitrogens with one attached hydrogen (secondary N) is 1. The highest BCUT2D eigenvalue weighted by atomic mass is 19.1. The van der Waals surface area contributed by atoms with Crippen LogP contribution in [0.15, 0.2) is 30.3 Å². The molecule has 0 amide bonds. The molecule has 0 bridgehead atoms. The SMILES string of the molecule is CCCNc1cc(OCc2ccccc2F)nc(N)n1. The lowest BCUT2D eigenvalue weighted by Gasteiger charge is -2.09. The molecule has 0 aliphatic heterocycles. The second-order valence-corrected chi connectivity index (χ2v) is 4.26. The van der Waals surface area contributed by atoms with E-state index in [1.807, 2.05) is 6.92 Å². The topological polar surface area (TPSA) is 73.1 Å². The summed E-state index contributed by atoms with van der Waals surface area (Å²) in [7, 11) is 0. The summed E-state index contributed by atoms with van der Waals surface area (Å²) in [5.74, 6) is 0.732. The van der Waals surface area contributed by atoms with Gasteiger partial charge in [0.2, 0.25) is 11.8 Å². The number of aromatic nitrogens is 2. The molecule has 0 aliphatic rings. The Morgan fingerprint density at radius 3 is 2.85 bits per heavy atom. The summed E-state index contributed by atoms with van der Waals surface area (Å²) in [4.78, 5) is 8.01. The first-order chi connectivity index (χ1) is 9.69. The summed E-state index contributed by atoms with van der Waals surface area (Å²) in [5, 5.41) is 3.10. The summed E-state index contributed by atoms with van der Waals surface area (Å²) in [5.41, 5.74) is 6.08. The van der Waals surface area contributed by atoms with Crippen LogP contribution in [0.3, 0.4) is 0 Å². The maximum absolute atomic E-state index is 13.5. The van der Waals surface area contributed by atoms with Gasteiger partial charge in [0.25, 0.3) is 0 Å². The maximum atomic E-state index is 13.5. The summed E-state index contributed by atoms with van der Waals surface area (Å²) >= 11 is 0. The summed E-state index contributed by atoms with van der Waals surface area (Å²) in [6, 6.07) is 8.09. The Kier molecular flexibility index (Phi) is 4.70. The lowest BCUT2D eigenvalue weighted by atomic mass is 10.2. The zero-order valence-corrected chi connectivity index (χ0v) is 11.3. The van der Waals surface area contributed by atoms with E-state index >= 15 is 0 Å². The van der Waals surface area contributed by atoms with E-state index in [0.29, 0.717) is 17.3 Å². The predicted octanol–water partition coefficient (Wildman–Crippen LogP) is 2.60. The molecule has 1 aromatic carbocycles. The van der Waals surface area contributed by atoms with Crippen LogP contribution in [0.5, 0.6) is 5.88 Å². The largest absolute Gasteiger partial charge is 0.473 e. The van der Waals surface area contributed by atoms with Crippen molar-refractivity contribution in [3.63, 3.8) is 0 Å². The van der Waals surface area contributed by atoms with Crippen LogP contribution in [-0.4, -0.2) is 16.5 Å². The van der Waals surface area contributed by atoms with Gasteiger partial charge in [-0.1, -0.05) is 25.1 Å². The number of hydrogen-bond donors (Lipinski definition) is 2. The number of nitrogens with zero attached hydrogens (tertiary/aromatic N) is 2. The number of benzene rings is 1. The zero-order chi connectivity index (χ0) is 14.4. The molecule has 3 N–H and O–H groups in total. The fraction of sp³-hybridized carbons (Fsp3) is 0.286. The van der Waals surface area contributed by atoms with Crippen molar-refractivity contribution in [3.05, 3.63) is 41.7 Å². The Morgan fingerprint density at radius 2 is 2.10 bits per heavy atom. The molecule has 2 aromatic rings. The van der Waals surface area contributed by atoms with Crippen LogP contribution in [0.1, 0.15) is 18.9 Å².